The van der Waals surface area contributed by atoms with E-state index in [2.05, 4.69) is 5.92 Å². The molecule has 1 unspecified atom stereocenters. The highest BCUT2D eigenvalue weighted by Crippen LogP contribution is 2.20. The van der Waals surface area contributed by atoms with Gasteiger partial charge >= 0.3 is 0 Å². The van der Waals surface area contributed by atoms with E-state index >= 15 is 0 Å². The van der Waals surface area contributed by atoms with Crippen LogP contribution in [0, 0.1) is 12.3 Å². The second-order valence-electron chi connectivity index (χ2n) is 3.42. The van der Waals surface area contributed by atoms with Crippen LogP contribution in [0.1, 0.15) is 31.4 Å². The molecule has 0 aliphatic heterocycles. The standard InChI is InChI=1S/C14H16O2/c1-3-5-11-13(15)14(16-4-2)12-9-7-6-8-10-12/h1,6-10,14H,4-5,11H2,2H3. The Hall–Kier alpha value is -1.59. The van der Waals surface area contributed by atoms with Crippen molar-refractivity contribution >= 4 is 5.78 Å². The molecule has 1 rings (SSSR count). The molecule has 0 saturated heterocycles. The third kappa shape index (κ3) is 3.52. The summed E-state index contributed by atoms with van der Waals surface area (Å²) in [6.45, 7) is 2.39. The van der Waals surface area contributed by atoms with Gasteiger partial charge in [-0.2, -0.15) is 0 Å². The normalized spacial score (nSPS) is 11.8. The van der Waals surface area contributed by atoms with E-state index < -0.39 is 6.10 Å². The molecule has 0 amide bonds. The van der Waals surface area contributed by atoms with Crippen molar-refractivity contribution in [1.29, 1.82) is 0 Å². The maximum absolute atomic E-state index is 11.9. The minimum absolute atomic E-state index is 0.0472. The lowest BCUT2D eigenvalue weighted by atomic mass is 10.0. The Labute approximate surface area is 96.6 Å². The molecule has 0 bridgehead atoms. The highest BCUT2D eigenvalue weighted by atomic mass is 16.5. The summed E-state index contributed by atoms with van der Waals surface area (Å²) in [5.74, 6) is 2.52. The van der Waals surface area contributed by atoms with Gasteiger partial charge in [-0.15, -0.1) is 12.3 Å². The van der Waals surface area contributed by atoms with Crippen LogP contribution in [0.4, 0.5) is 0 Å². The zero-order valence-electron chi connectivity index (χ0n) is 9.48. The number of Topliss-reactive ketones (excluding diaryl/α,β-unsaturated/α-hetero) is 1. The summed E-state index contributed by atoms with van der Waals surface area (Å²) in [4.78, 5) is 11.9. The molecule has 0 N–H and O–H groups in total. The summed E-state index contributed by atoms with van der Waals surface area (Å²) in [7, 11) is 0. The molecule has 0 spiro atoms. The van der Waals surface area contributed by atoms with E-state index in [1.54, 1.807) is 0 Å². The van der Waals surface area contributed by atoms with E-state index in [4.69, 9.17) is 11.2 Å². The maximum atomic E-state index is 11.9. The fourth-order valence-corrected chi connectivity index (χ4v) is 1.50. The predicted octanol–water partition coefficient (Wildman–Crippen LogP) is 2.75. The van der Waals surface area contributed by atoms with Crippen molar-refractivity contribution in [3.63, 3.8) is 0 Å². The summed E-state index contributed by atoms with van der Waals surface area (Å²) in [5.41, 5.74) is 0.895. The molecule has 1 aromatic carbocycles. The first kappa shape index (κ1) is 12.5. The Kier molecular flexibility index (Phi) is 5.31. The van der Waals surface area contributed by atoms with Crippen LogP contribution >= 0.6 is 0 Å². The molecule has 0 fully saturated rings. The van der Waals surface area contributed by atoms with Gasteiger partial charge in [0.15, 0.2) is 5.78 Å². The fourth-order valence-electron chi connectivity index (χ4n) is 1.50. The molecular weight excluding hydrogens is 200 g/mol. The molecule has 0 aromatic heterocycles. The summed E-state index contributed by atoms with van der Waals surface area (Å²) < 4.78 is 5.47. The zero-order valence-corrected chi connectivity index (χ0v) is 9.48. The largest absolute Gasteiger partial charge is 0.366 e. The quantitative estimate of drug-likeness (QED) is 0.683. The molecule has 0 radical (unpaired) electrons. The Morgan fingerprint density at radius 3 is 2.69 bits per heavy atom. The van der Waals surface area contributed by atoms with Crippen LogP contribution in [0.3, 0.4) is 0 Å². The highest BCUT2D eigenvalue weighted by molar-refractivity contribution is 5.84. The minimum atomic E-state index is -0.473. The zero-order chi connectivity index (χ0) is 11.8. The Balaban J connectivity index is 2.75. The van der Waals surface area contributed by atoms with Crippen molar-refractivity contribution < 1.29 is 9.53 Å². The number of carbonyl (C=O) groups is 1. The summed E-state index contributed by atoms with van der Waals surface area (Å²) in [6, 6.07) is 9.51. The minimum Gasteiger partial charge on any atom is -0.366 e. The topological polar surface area (TPSA) is 26.3 Å². The smallest absolute Gasteiger partial charge is 0.167 e. The lowest BCUT2D eigenvalue weighted by Gasteiger charge is -2.15. The average Bonchev–Trinajstić information content (AvgIpc) is 2.34. The van der Waals surface area contributed by atoms with Gasteiger partial charge in [-0.25, -0.2) is 0 Å². The lowest BCUT2D eigenvalue weighted by molar-refractivity contribution is -0.130. The summed E-state index contributed by atoms with van der Waals surface area (Å²) in [5, 5.41) is 0. The first-order valence-corrected chi connectivity index (χ1v) is 5.42. The summed E-state index contributed by atoms with van der Waals surface area (Å²) >= 11 is 0. The molecule has 1 aromatic rings. The summed E-state index contributed by atoms with van der Waals surface area (Å²) in [6.07, 6.45) is 5.51. The van der Waals surface area contributed by atoms with Crippen molar-refractivity contribution in [1.82, 2.24) is 0 Å². The van der Waals surface area contributed by atoms with Gasteiger partial charge in [0, 0.05) is 19.4 Å². The lowest BCUT2D eigenvalue weighted by Crippen LogP contribution is -2.15. The molecule has 2 nitrogen and oxygen atoms in total. The fraction of sp³-hybridized carbons (Fsp3) is 0.357. The number of ketones is 1. The van der Waals surface area contributed by atoms with Gasteiger partial charge in [-0.3, -0.25) is 4.79 Å². The van der Waals surface area contributed by atoms with Crippen molar-refractivity contribution in [2.24, 2.45) is 0 Å². The van der Waals surface area contributed by atoms with Crippen LogP contribution in [0.5, 0.6) is 0 Å². The molecular formula is C14H16O2. The molecule has 0 aliphatic rings. The third-order valence-corrected chi connectivity index (χ3v) is 2.24. The molecule has 1 atom stereocenters. The van der Waals surface area contributed by atoms with E-state index in [9.17, 15) is 4.79 Å². The molecule has 0 saturated carbocycles. The predicted molar refractivity (Wildman–Crippen MR) is 63.9 cm³/mol. The van der Waals surface area contributed by atoms with E-state index in [1.807, 2.05) is 37.3 Å². The number of carbonyl (C=O) groups excluding carboxylic acids is 1. The number of benzene rings is 1. The number of hydrogen-bond acceptors (Lipinski definition) is 2. The van der Waals surface area contributed by atoms with Gasteiger partial charge in [-0.1, -0.05) is 30.3 Å². The molecule has 0 heterocycles. The number of hydrogen-bond donors (Lipinski definition) is 0. The SMILES string of the molecule is C#CCCC(=O)C(OCC)c1ccccc1. The second kappa shape index (κ2) is 6.81. The van der Waals surface area contributed by atoms with Gasteiger partial charge in [0.25, 0.3) is 0 Å². The van der Waals surface area contributed by atoms with E-state index in [1.165, 1.54) is 0 Å². The third-order valence-electron chi connectivity index (χ3n) is 2.24. The first-order valence-electron chi connectivity index (χ1n) is 5.42. The highest BCUT2D eigenvalue weighted by Gasteiger charge is 2.19. The van der Waals surface area contributed by atoms with Crippen LogP contribution in [-0.2, 0) is 9.53 Å². The van der Waals surface area contributed by atoms with Crippen LogP contribution in [0.2, 0.25) is 0 Å². The van der Waals surface area contributed by atoms with E-state index in [0.29, 0.717) is 19.4 Å². The van der Waals surface area contributed by atoms with Crippen LogP contribution < -0.4 is 0 Å². The van der Waals surface area contributed by atoms with Gasteiger partial charge < -0.3 is 4.74 Å². The van der Waals surface area contributed by atoms with Crippen LogP contribution in [0.25, 0.3) is 0 Å². The van der Waals surface area contributed by atoms with Gasteiger partial charge in [0.1, 0.15) is 6.10 Å². The molecule has 16 heavy (non-hydrogen) atoms. The Bertz CT molecular complexity index is 362. The van der Waals surface area contributed by atoms with Crippen LogP contribution in [0.15, 0.2) is 30.3 Å². The number of terminal acetylenes is 1. The number of rotatable bonds is 6. The Morgan fingerprint density at radius 1 is 1.44 bits per heavy atom. The second-order valence-corrected chi connectivity index (χ2v) is 3.42. The molecule has 84 valence electrons. The van der Waals surface area contributed by atoms with Crippen molar-refractivity contribution in [2.45, 2.75) is 25.9 Å². The Morgan fingerprint density at radius 2 is 2.12 bits per heavy atom. The van der Waals surface area contributed by atoms with Crippen LogP contribution in [-0.4, -0.2) is 12.4 Å². The van der Waals surface area contributed by atoms with Gasteiger partial charge in [0.2, 0.25) is 0 Å². The van der Waals surface area contributed by atoms with Crippen molar-refractivity contribution in [2.75, 3.05) is 6.61 Å². The number of ether oxygens (including phenoxy) is 1. The van der Waals surface area contributed by atoms with Crippen molar-refractivity contribution in [3.8, 4) is 12.3 Å². The molecule has 2 heteroatoms. The monoisotopic (exact) mass is 216 g/mol. The van der Waals surface area contributed by atoms with E-state index in [-0.39, 0.29) is 5.78 Å². The first-order chi connectivity index (χ1) is 7.79. The van der Waals surface area contributed by atoms with Crippen molar-refractivity contribution in [3.05, 3.63) is 35.9 Å². The maximum Gasteiger partial charge on any atom is 0.167 e. The average molecular weight is 216 g/mol. The van der Waals surface area contributed by atoms with Gasteiger partial charge in [-0.05, 0) is 12.5 Å². The van der Waals surface area contributed by atoms with E-state index in [0.717, 1.165) is 5.56 Å². The van der Waals surface area contributed by atoms with Gasteiger partial charge in [0.05, 0.1) is 0 Å². The molecule has 0 aliphatic carbocycles.